The first-order valence-electron chi connectivity index (χ1n) is 5.07. The summed E-state index contributed by atoms with van der Waals surface area (Å²) in [5.41, 5.74) is 5.96. The molecule has 3 N–H and O–H groups in total. The number of aromatic nitrogens is 1. The number of rotatable bonds is 3. The number of hydrogen-bond acceptors (Lipinski definition) is 4. The smallest absolute Gasteiger partial charge is 0.219 e. The van der Waals surface area contributed by atoms with E-state index in [2.05, 4.69) is 26.1 Å². The number of nitrogens with zero attached hydrogens (tertiary/aromatic N) is 2. The highest BCUT2D eigenvalue weighted by Crippen LogP contribution is 2.27. The number of oxime groups is 1. The van der Waals surface area contributed by atoms with E-state index in [4.69, 9.17) is 15.7 Å². The Morgan fingerprint density at radius 3 is 2.67 bits per heavy atom. The van der Waals surface area contributed by atoms with E-state index in [0.29, 0.717) is 17.2 Å². The molecule has 0 aliphatic carbocycles. The molecule has 5 nitrogen and oxygen atoms in total. The van der Waals surface area contributed by atoms with Gasteiger partial charge in [-0.3, -0.25) is 0 Å². The molecule has 0 unspecified atom stereocenters. The number of nitrogens with two attached hydrogens (primary N) is 1. The summed E-state index contributed by atoms with van der Waals surface area (Å²) in [4.78, 5) is 4.07. The van der Waals surface area contributed by atoms with Gasteiger partial charge in [-0.05, 0) is 34.1 Å². The van der Waals surface area contributed by atoms with Crippen LogP contribution in [-0.2, 0) is 0 Å². The van der Waals surface area contributed by atoms with Gasteiger partial charge in [0, 0.05) is 17.8 Å². The van der Waals surface area contributed by atoms with Gasteiger partial charge in [0.2, 0.25) is 5.88 Å². The summed E-state index contributed by atoms with van der Waals surface area (Å²) < 4.78 is 6.42. The van der Waals surface area contributed by atoms with Gasteiger partial charge in [-0.25, -0.2) is 4.98 Å². The number of benzene rings is 1. The van der Waals surface area contributed by atoms with Crippen LogP contribution in [0.4, 0.5) is 0 Å². The van der Waals surface area contributed by atoms with Crippen LogP contribution in [0.5, 0.6) is 11.6 Å². The van der Waals surface area contributed by atoms with Crippen molar-refractivity contribution in [1.82, 2.24) is 4.98 Å². The molecular weight excluding hydrogens is 298 g/mol. The molecule has 0 saturated heterocycles. The van der Waals surface area contributed by atoms with Gasteiger partial charge in [-0.1, -0.05) is 17.3 Å². The Labute approximate surface area is 112 Å². The Kier molecular flexibility index (Phi) is 3.78. The van der Waals surface area contributed by atoms with Gasteiger partial charge in [-0.2, -0.15) is 0 Å². The molecule has 0 saturated carbocycles. The van der Waals surface area contributed by atoms with Gasteiger partial charge in [-0.15, -0.1) is 0 Å². The molecule has 0 aliphatic rings. The highest BCUT2D eigenvalue weighted by molar-refractivity contribution is 9.10. The predicted molar refractivity (Wildman–Crippen MR) is 71.0 cm³/mol. The second-order valence-corrected chi connectivity index (χ2v) is 4.26. The van der Waals surface area contributed by atoms with Crippen LogP contribution < -0.4 is 10.5 Å². The van der Waals surface area contributed by atoms with E-state index in [-0.39, 0.29) is 5.84 Å². The summed E-state index contributed by atoms with van der Waals surface area (Å²) >= 11 is 3.38. The zero-order chi connectivity index (χ0) is 13.0. The molecule has 0 aliphatic heterocycles. The topological polar surface area (TPSA) is 80.7 Å². The van der Waals surface area contributed by atoms with Crippen LogP contribution in [0.15, 0.2) is 52.2 Å². The third kappa shape index (κ3) is 2.78. The van der Waals surface area contributed by atoms with Gasteiger partial charge in [0.05, 0.1) is 4.47 Å². The maximum absolute atomic E-state index is 8.53. The first-order chi connectivity index (χ1) is 8.70. The minimum atomic E-state index is 0.00921. The average Bonchev–Trinajstić information content (AvgIpc) is 2.41. The van der Waals surface area contributed by atoms with Crippen molar-refractivity contribution in [2.45, 2.75) is 0 Å². The molecule has 0 fully saturated rings. The highest BCUT2D eigenvalue weighted by atomic mass is 79.9. The summed E-state index contributed by atoms with van der Waals surface area (Å²) in [7, 11) is 0. The lowest BCUT2D eigenvalue weighted by Crippen LogP contribution is -2.13. The van der Waals surface area contributed by atoms with E-state index in [1.165, 1.54) is 6.20 Å². The van der Waals surface area contributed by atoms with Crippen molar-refractivity contribution in [2.75, 3.05) is 0 Å². The maximum atomic E-state index is 8.53. The van der Waals surface area contributed by atoms with Crippen molar-refractivity contribution < 1.29 is 9.94 Å². The Morgan fingerprint density at radius 2 is 2.06 bits per heavy atom. The Balaban J connectivity index is 2.19. The number of para-hydroxylation sites is 1. The maximum Gasteiger partial charge on any atom is 0.219 e. The number of amidine groups is 1. The Bertz CT molecular complexity index is 570. The lowest BCUT2D eigenvalue weighted by Gasteiger charge is -2.06. The molecule has 0 amide bonds. The summed E-state index contributed by atoms with van der Waals surface area (Å²) in [6.07, 6.45) is 1.47. The zero-order valence-corrected chi connectivity index (χ0v) is 10.8. The quantitative estimate of drug-likeness (QED) is 0.395. The fraction of sp³-hybridized carbons (Fsp3) is 0. The summed E-state index contributed by atoms with van der Waals surface area (Å²) in [5.74, 6) is 1.10. The largest absolute Gasteiger partial charge is 0.438 e. The molecule has 1 aromatic heterocycles. The van der Waals surface area contributed by atoms with Gasteiger partial charge < -0.3 is 15.7 Å². The van der Waals surface area contributed by atoms with Crippen molar-refractivity contribution >= 4 is 21.8 Å². The van der Waals surface area contributed by atoms with E-state index < -0.39 is 0 Å². The molecule has 0 atom stereocenters. The van der Waals surface area contributed by atoms with Crippen LogP contribution in [0.1, 0.15) is 5.56 Å². The molecule has 92 valence electrons. The highest BCUT2D eigenvalue weighted by Gasteiger charge is 2.04. The number of halogens is 1. The molecule has 0 bridgehead atoms. The standard InChI is InChI=1S/C12H10BrN3O2/c13-9-3-1-2-4-10(9)18-11-6-5-8(7-15-11)12(14)16-17/h1-7,17H,(H2,14,16). The molecule has 1 heterocycles. The van der Waals surface area contributed by atoms with Crippen molar-refractivity contribution in [3.63, 3.8) is 0 Å². The van der Waals surface area contributed by atoms with Crippen LogP contribution >= 0.6 is 15.9 Å². The van der Waals surface area contributed by atoms with Crippen LogP contribution in [0.25, 0.3) is 0 Å². The van der Waals surface area contributed by atoms with E-state index in [1.807, 2.05) is 24.3 Å². The van der Waals surface area contributed by atoms with Gasteiger partial charge in [0.25, 0.3) is 0 Å². The average molecular weight is 308 g/mol. The summed E-state index contributed by atoms with van der Waals surface area (Å²) in [6.45, 7) is 0. The van der Waals surface area contributed by atoms with E-state index in [1.54, 1.807) is 12.1 Å². The molecule has 2 aromatic rings. The molecule has 1 aromatic carbocycles. The summed E-state index contributed by atoms with van der Waals surface area (Å²) in [6, 6.07) is 10.8. The third-order valence-electron chi connectivity index (χ3n) is 2.19. The molecule has 18 heavy (non-hydrogen) atoms. The minimum Gasteiger partial charge on any atom is -0.438 e. The third-order valence-corrected chi connectivity index (χ3v) is 2.85. The van der Waals surface area contributed by atoms with Crippen molar-refractivity contribution in [2.24, 2.45) is 10.9 Å². The van der Waals surface area contributed by atoms with Gasteiger partial charge in [0.15, 0.2) is 5.84 Å². The van der Waals surface area contributed by atoms with Gasteiger partial charge in [0.1, 0.15) is 5.75 Å². The molecule has 0 radical (unpaired) electrons. The fourth-order valence-electron chi connectivity index (χ4n) is 1.29. The summed E-state index contributed by atoms with van der Waals surface area (Å²) in [5, 5.41) is 11.4. The zero-order valence-electron chi connectivity index (χ0n) is 9.25. The lowest BCUT2D eigenvalue weighted by atomic mass is 10.3. The van der Waals surface area contributed by atoms with Crippen molar-refractivity contribution in [3.05, 3.63) is 52.6 Å². The molecule has 2 rings (SSSR count). The van der Waals surface area contributed by atoms with Crippen LogP contribution in [-0.4, -0.2) is 16.0 Å². The van der Waals surface area contributed by atoms with Crippen LogP contribution in [0.3, 0.4) is 0 Å². The Hall–Kier alpha value is -2.08. The molecular formula is C12H10BrN3O2. The second-order valence-electron chi connectivity index (χ2n) is 3.40. The van der Waals surface area contributed by atoms with E-state index >= 15 is 0 Å². The fourth-order valence-corrected chi connectivity index (χ4v) is 1.66. The second kappa shape index (κ2) is 5.50. The number of hydrogen-bond donors (Lipinski definition) is 2. The van der Waals surface area contributed by atoms with Crippen molar-refractivity contribution in [3.8, 4) is 11.6 Å². The monoisotopic (exact) mass is 307 g/mol. The van der Waals surface area contributed by atoms with E-state index in [0.717, 1.165) is 4.47 Å². The minimum absolute atomic E-state index is 0.00921. The van der Waals surface area contributed by atoms with Crippen LogP contribution in [0, 0.1) is 0 Å². The van der Waals surface area contributed by atoms with E-state index in [9.17, 15) is 0 Å². The SMILES string of the molecule is N/C(=N\O)c1ccc(Oc2ccccc2Br)nc1. The first-order valence-corrected chi connectivity index (χ1v) is 5.86. The molecule has 6 heteroatoms. The first kappa shape index (κ1) is 12.4. The lowest BCUT2D eigenvalue weighted by molar-refractivity contribution is 0.318. The number of ether oxygens (including phenoxy) is 1. The normalized spacial score (nSPS) is 11.3. The van der Waals surface area contributed by atoms with Crippen LogP contribution in [0.2, 0.25) is 0 Å². The Morgan fingerprint density at radius 1 is 1.28 bits per heavy atom. The van der Waals surface area contributed by atoms with Gasteiger partial charge >= 0.3 is 0 Å². The molecule has 0 spiro atoms. The van der Waals surface area contributed by atoms with Crippen molar-refractivity contribution in [1.29, 1.82) is 0 Å². The predicted octanol–water partition coefficient (Wildman–Crippen LogP) is 2.73. The number of pyridine rings is 1.